The van der Waals surface area contributed by atoms with Crippen LogP contribution in [-0.2, 0) is 39.3 Å². The van der Waals surface area contributed by atoms with E-state index in [1.807, 2.05) is 32.0 Å². The molecule has 11 heteroatoms. The van der Waals surface area contributed by atoms with Crippen molar-refractivity contribution in [3.05, 3.63) is 71.0 Å². The lowest BCUT2D eigenvalue weighted by molar-refractivity contribution is -0.158. The first kappa shape index (κ1) is 31.7. The molecule has 0 spiro atoms. The standard InChI is InChI=1S/C31H42N4O6S/c1-6-34-20-25(32-33-34)21-41-29(31(3,4)30(36)37)23-13-12-22(2)24(18-23)19-35(26-10-8-7-9-11-26)42(38,39)28-16-14-27(40-5)15-17-28/h12-18,20,26,29H,6-11,19,21H2,1-5H3,(H,36,37). The highest BCUT2D eigenvalue weighted by atomic mass is 32.2. The van der Waals surface area contributed by atoms with E-state index in [-0.39, 0.29) is 24.1 Å². The summed E-state index contributed by atoms with van der Waals surface area (Å²) in [5.41, 5.74) is 1.72. The van der Waals surface area contributed by atoms with Crippen molar-refractivity contribution in [3.8, 4) is 5.75 Å². The largest absolute Gasteiger partial charge is 0.497 e. The third-order valence-electron chi connectivity index (χ3n) is 8.16. The van der Waals surface area contributed by atoms with Crippen molar-refractivity contribution in [2.45, 2.75) is 96.5 Å². The van der Waals surface area contributed by atoms with Gasteiger partial charge < -0.3 is 14.6 Å². The predicted molar refractivity (Wildman–Crippen MR) is 158 cm³/mol. The molecule has 1 unspecified atom stereocenters. The third-order valence-corrected chi connectivity index (χ3v) is 10.1. The van der Waals surface area contributed by atoms with Gasteiger partial charge >= 0.3 is 5.97 Å². The minimum absolute atomic E-state index is 0.0879. The molecular formula is C31H42N4O6S. The maximum atomic E-state index is 14.1. The molecule has 1 saturated carbocycles. The highest BCUT2D eigenvalue weighted by molar-refractivity contribution is 7.89. The van der Waals surface area contributed by atoms with E-state index in [2.05, 4.69) is 10.3 Å². The highest BCUT2D eigenvalue weighted by Crippen LogP contribution is 2.39. The van der Waals surface area contributed by atoms with Gasteiger partial charge in [0.15, 0.2) is 0 Å². The van der Waals surface area contributed by atoms with Crippen LogP contribution in [0, 0.1) is 12.3 Å². The molecule has 42 heavy (non-hydrogen) atoms. The van der Waals surface area contributed by atoms with Crippen molar-refractivity contribution in [2.75, 3.05) is 7.11 Å². The van der Waals surface area contributed by atoms with Gasteiger partial charge in [0.05, 0.1) is 36.3 Å². The minimum atomic E-state index is -3.83. The smallest absolute Gasteiger partial charge is 0.312 e. The Kier molecular flexibility index (Phi) is 10.1. The zero-order valence-electron chi connectivity index (χ0n) is 25.1. The SMILES string of the molecule is CCn1cc(COC(c2ccc(C)c(CN(C3CCCCC3)S(=O)(=O)c3ccc(OC)cc3)c2)C(C)(C)C(=O)O)nn1. The Bertz CT molecular complexity index is 1460. The highest BCUT2D eigenvalue weighted by Gasteiger charge is 2.40. The monoisotopic (exact) mass is 598 g/mol. The fraction of sp³-hybridized carbons (Fsp3) is 0.516. The van der Waals surface area contributed by atoms with Crippen LogP contribution in [0.15, 0.2) is 53.6 Å². The number of carbonyl (C=O) groups is 1. The van der Waals surface area contributed by atoms with E-state index in [9.17, 15) is 18.3 Å². The molecular weight excluding hydrogens is 556 g/mol. The summed E-state index contributed by atoms with van der Waals surface area (Å²) in [5, 5.41) is 18.3. The number of hydrogen-bond acceptors (Lipinski definition) is 7. The zero-order valence-corrected chi connectivity index (χ0v) is 25.9. The normalized spacial score (nSPS) is 15.6. The molecule has 0 bridgehead atoms. The average molecular weight is 599 g/mol. The summed E-state index contributed by atoms with van der Waals surface area (Å²) < 4.78 is 42.9. The molecule has 4 rings (SSSR count). The number of aromatic nitrogens is 3. The van der Waals surface area contributed by atoms with Gasteiger partial charge in [-0.3, -0.25) is 9.48 Å². The summed E-state index contributed by atoms with van der Waals surface area (Å²) >= 11 is 0. The van der Waals surface area contributed by atoms with Crippen molar-refractivity contribution in [3.63, 3.8) is 0 Å². The molecule has 3 aromatic rings. The van der Waals surface area contributed by atoms with E-state index in [0.29, 0.717) is 23.6 Å². The van der Waals surface area contributed by atoms with Crippen molar-refractivity contribution in [1.82, 2.24) is 19.3 Å². The number of aryl methyl sites for hydroxylation is 2. The van der Waals surface area contributed by atoms with Crippen molar-refractivity contribution >= 4 is 16.0 Å². The van der Waals surface area contributed by atoms with Crippen LogP contribution in [-0.4, -0.2) is 51.9 Å². The Balaban J connectivity index is 1.70. The van der Waals surface area contributed by atoms with Gasteiger partial charge in [0, 0.05) is 19.1 Å². The maximum absolute atomic E-state index is 14.1. The lowest BCUT2D eigenvalue weighted by Gasteiger charge is -2.34. The molecule has 1 fully saturated rings. The Morgan fingerprint density at radius 2 is 1.83 bits per heavy atom. The Labute approximate surface area is 248 Å². The minimum Gasteiger partial charge on any atom is -0.497 e. The first-order valence-corrected chi connectivity index (χ1v) is 15.9. The molecule has 228 valence electrons. The fourth-order valence-corrected chi connectivity index (χ4v) is 7.08. The quantitative estimate of drug-likeness (QED) is 0.273. The molecule has 1 aromatic heterocycles. The van der Waals surface area contributed by atoms with E-state index < -0.39 is 27.5 Å². The predicted octanol–water partition coefficient (Wildman–Crippen LogP) is 5.51. The van der Waals surface area contributed by atoms with Crippen LogP contribution >= 0.6 is 0 Å². The van der Waals surface area contributed by atoms with E-state index in [1.54, 1.807) is 60.4 Å². The van der Waals surface area contributed by atoms with Gasteiger partial charge in [-0.15, -0.1) is 5.10 Å². The number of carboxylic acids is 1. The maximum Gasteiger partial charge on any atom is 0.312 e. The van der Waals surface area contributed by atoms with E-state index in [1.165, 1.54) is 0 Å². The molecule has 0 saturated heterocycles. The number of carboxylic acid groups (broad SMARTS) is 1. The second-order valence-corrected chi connectivity index (χ2v) is 13.4. The molecule has 0 aliphatic heterocycles. The van der Waals surface area contributed by atoms with Crippen LogP contribution in [0.4, 0.5) is 0 Å². The number of sulfonamides is 1. The Hall–Kier alpha value is -3.28. The number of rotatable bonds is 13. The topological polar surface area (TPSA) is 124 Å². The van der Waals surface area contributed by atoms with Gasteiger partial charge in [-0.05, 0) is 81.5 Å². The van der Waals surface area contributed by atoms with Crippen LogP contribution in [0.2, 0.25) is 0 Å². The van der Waals surface area contributed by atoms with Crippen LogP contribution in [0.5, 0.6) is 5.75 Å². The van der Waals surface area contributed by atoms with Crippen LogP contribution in [0.1, 0.15) is 81.4 Å². The van der Waals surface area contributed by atoms with Gasteiger partial charge in [-0.25, -0.2) is 8.42 Å². The number of benzene rings is 2. The molecule has 1 N–H and O–H groups in total. The average Bonchev–Trinajstić information content (AvgIpc) is 3.45. The van der Waals surface area contributed by atoms with E-state index >= 15 is 0 Å². The summed E-state index contributed by atoms with van der Waals surface area (Å²) in [5.74, 6) is -0.413. The summed E-state index contributed by atoms with van der Waals surface area (Å²) in [7, 11) is -2.28. The number of hydrogen-bond donors (Lipinski definition) is 1. The number of nitrogens with zero attached hydrogens (tertiary/aromatic N) is 4. The van der Waals surface area contributed by atoms with Crippen molar-refractivity contribution < 1.29 is 27.8 Å². The first-order valence-electron chi connectivity index (χ1n) is 14.5. The molecule has 2 aromatic carbocycles. The molecule has 0 amide bonds. The van der Waals surface area contributed by atoms with Gasteiger partial charge in [-0.1, -0.05) is 42.7 Å². The summed E-state index contributed by atoms with van der Waals surface area (Å²) in [6.45, 7) is 8.08. The van der Waals surface area contributed by atoms with E-state index in [0.717, 1.165) is 43.2 Å². The molecule has 10 nitrogen and oxygen atoms in total. The summed E-state index contributed by atoms with van der Waals surface area (Å²) in [4.78, 5) is 12.6. The number of ether oxygens (including phenoxy) is 2. The van der Waals surface area contributed by atoms with Crippen molar-refractivity contribution in [1.29, 1.82) is 0 Å². The van der Waals surface area contributed by atoms with Gasteiger partial charge in [0.25, 0.3) is 0 Å². The lowest BCUT2D eigenvalue weighted by Crippen LogP contribution is -2.41. The summed E-state index contributed by atoms with van der Waals surface area (Å²) in [6.07, 6.45) is 5.60. The van der Waals surface area contributed by atoms with Gasteiger partial charge in [0.2, 0.25) is 10.0 Å². The Morgan fingerprint density at radius 3 is 2.43 bits per heavy atom. The van der Waals surface area contributed by atoms with Crippen molar-refractivity contribution in [2.24, 2.45) is 5.41 Å². The first-order chi connectivity index (χ1) is 20.0. The molecule has 1 heterocycles. The number of aliphatic carboxylic acids is 1. The van der Waals surface area contributed by atoms with Crippen LogP contribution < -0.4 is 4.74 Å². The second-order valence-electron chi connectivity index (χ2n) is 11.5. The molecule has 0 radical (unpaired) electrons. The van der Waals surface area contributed by atoms with Crippen LogP contribution in [0.25, 0.3) is 0 Å². The molecule has 1 aliphatic carbocycles. The van der Waals surface area contributed by atoms with Crippen LogP contribution in [0.3, 0.4) is 0 Å². The second kappa shape index (κ2) is 13.4. The Morgan fingerprint density at radius 1 is 1.14 bits per heavy atom. The fourth-order valence-electron chi connectivity index (χ4n) is 5.42. The molecule has 1 aliphatic rings. The zero-order chi connectivity index (χ0) is 30.5. The van der Waals surface area contributed by atoms with E-state index in [4.69, 9.17) is 9.47 Å². The molecule has 1 atom stereocenters. The lowest BCUT2D eigenvalue weighted by atomic mass is 9.81. The third kappa shape index (κ3) is 7.02. The number of methoxy groups -OCH3 is 1. The van der Waals surface area contributed by atoms with Gasteiger partial charge in [-0.2, -0.15) is 4.31 Å². The van der Waals surface area contributed by atoms with Gasteiger partial charge in [0.1, 0.15) is 11.4 Å². The summed E-state index contributed by atoms with van der Waals surface area (Å²) in [6, 6.07) is 12.0.